The Morgan fingerprint density at radius 1 is 1.00 bits per heavy atom. The lowest BCUT2D eigenvalue weighted by molar-refractivity contribution is -0.137. The molecule has 0 fully saturated rings. The van der Waals surface area contributed by atoms with Gasteiger partial charge in [-0.25, -0.2) is 5.84 Å². The fourth-order valence-electron chi connectivity index (χ4n) is 1.61. The average molecular weight is 328 g/mol. The summed E-state index contributed by atoms with van der Waals surface area (Å²) in [5.41, 5.74) is 1.98. The maximum atomic E-state index is 11.5. The van der Waals surface area contributed by atoms with Gasteiger partial charge in [-0.3, -0.25) is 29.5 Å². The van der Waals surface area contributed by atoms with E-state index in [0.717, 1.165) is 4.90 Å². The summed E-state index contributed by atoms with van der Waals surface area (Å²) in [4.78, 5) is 45.8. The van der Waals surface area contributed by atoms with Gasteiger partial charge in [-0.2, -0.15) is 0 Å². The Bertz CT molecular complexity index is 461. The standard InChI is InChI=1S/C13H20N4O6/c14-16-11(19)4-6-22-7-8-23-9-15-10(18)3-5-17-12(20)1-2-13(17)21/h1-2H,3-9,14H2,(H,15,18)(H,16,19). The van der Waals surface area contributed by atoms with Crippen LogP contribution in [0.15, 0.2) is 12.2 Å². The molecule has 10 heteroatoms. The van der Waals surface area contributed by atoms with Crippen LogP contribution in [0.3, 0.4) is 0 Å². The molecule has 0 aliphatic carbocycles. The Balaban J connectivity index is 1.95. The van der Waals surface area contributed by atoms with E-state index in [2.05, 4.69) is 5.32 Å². The molecule has 23 heavy (non-hydrogen) atoms. The molecule has 0 saturated heterocycles. The zero-order valence-electron chi connectivity index (χ0n) is 12.6. The first-order valence-corrected chi connectivity index (χ1v) is 6.99. The van der Waals surface area contributed by atoms with Crippen molar-refractivity contribution < 1.29 is 28.7 Å². The summed E-state index contributed by atoms with van der Waals surface area (Å²) >= 11 is 0. The second-order valence-electron chi connectivity index (χ2n) is 4.49. The van der Waals surface area contributed by atoms with Crippen LogP contribution >= 0.6 is 0 Å². The van der Waals surface area contributed by atoms with E-state index in [1.807, 2.05) is 5.43 Å². The van der Waals surface area contributed by atoms with Crippen LogP contribution in [-0.2, 0) is 28.7 Å². The Hall–Kier alpha value is -2.30. The van der Waals surface area contributed by atoms with Crippen molar-refractivity contribution in [2.24, 2.45) is 5.84 Å². The quantitative estimate of drug-likeness (QED) is 0.0975. The van der Waals surface area contributed by atoms with Crippen molar-refractivity contribution in [2.75, 3.05) is 33.1 Å². The smallest absolute Gasteiger partial charge is 0.253 e. The van der Waals surface area contributed by atoms with Gasteiger partial charge in [0.1, 0.15) is 6.73 Å². The number of rotatable bonds is 11. The number of nitrogens with one attached hydrogen (secondary N) is 2. The van der Waals surface area contributed by atoms with Crippen LogP contribution in [0.1, 0.15) is 12.8 Å². The van der Waals surface area contributed by atoms with Crippen molar-refractivity contribution in [1.29, 1.82) is 0 Å². The van der Waals surface area contributed by atoms with Crippen LogP contribution in [0.25, 0.3) is 0 Å². The summed E-state index contributed by atoms with van der Waals surface area (Å²) in [5.74, 6) is 3.41. The highest BCUT2D eigenvalue weighted by atomic mass is 16.5. The minimum Gasteiger partial charge on any atom is -0.379 e. The molecule has 0 spiro atoms. The summed E-state index contributed by atoms with van der Waals surface area (Å²) in [6.45, 7) is 0.771. The van der Waals surface area contributed by atoms with E-state index in [-0.39, 0.29) is 57.8 Å². The molecule has 0 atom stereocenters. The lowest BCUT2D eigenvalue weighted by Crippen LogP contribution is -2.35. The fraction of sp³-hybridized carbons (Fsp3) is 0.538. The molecule has 1 rings (SSSR count). The van der Waals surface area contributed by atoms with Crippen LogP contribution in [-0.4, -0.2) is 61.6 Å². The summed E-state index contributed by atoms with van der Waals surface area (Å²) in [6, 6.07) is 0. The maximum Gasteiger partial charge on any atom is 0.253 e. The third-order valence-corrected chi connectivity index (χ3v) is 2.84. The van der Waals surface area contributed by atoms with Crippen LogP contribution < -0.4 is 16.6 Å². The van der Waals surface area contributed by atoms with Gasteiger partial charge < -0.3 is 14.8 Å². The second kappa shape index (κ2) is 10.4. The average Bonchev–Trinajstić information content (AvgIpc) is 2.86. The number of carbonyl (C=O) groups is 4. The lowest BCUT2D eigenvalue weighted by Gasteiger charge is -2.13. The number of hydrogen-bond acceptors (Lipinski definition) is 7. The van der Waals surface area contributed by atoms with Gasteiger partial charge in [0.05, 0.1) is 26.2 Å². The van der Waals surface area contributed by atoms with Crippen molar-refractivity contribution in [3.63, 3.8) is 0 Å². The van der Waals surface area contributed by atoms with E-state index < -0.39 is 11.8 Å². The predicted octanol–water partition coefficient (Wildman–Crippen LogP) is -2.21. The molecule has 4 N–H and O–H groups in total. The predicted molar refractivity (Wildman–Crippen MR) is 77.2 cm³/mol. The summed E-state index contributed by atoms with van der Waals surface area (Å²) in [7, 11) is 0. The molecule has 1 aliphatic rings. The molecular formula is C13H20N4O6. The molecular weight excluding hydrogens is 308 g/mol. The molecule has 10 nitrogen and oxygen atoms in total. The first-order valence-electron chi connectivity index (χ1n) is 6.99. The van der Waals surface area contributed by atoms with Crippen LogP contribution in [0.4, 0.5) is 0 Å². The first kappa shape index (κ1) is 18.7. The third kappa shape index (κ3) is 7.49. The monoisotopic (exact) mass is 328 g/mol. The van der Waals surface area contributed by atoms with E-state index in [1.54, 1.807) is 0 Å². The molecule has 128 valence electrons. The highest BCUT2D eigenvalue weighted by molar-refractivity contribution is 6.13. The van der Waals surface area contributed by atoms with Crippen LogP contribution in [0.2, 0.25) is 0 Å². The van der Waals surface area contributed by atoms with Crippen molar-refractivity contribution >= 4 is 23.6 Å². The van der Waals surface area contributed by atoms with Crippen molar-refractivity contribution in [1.82, 2.24) is 15.6 Å². The number of ether oxygens (including phenoxy) is 2. The van der Waals surface area contributed by atoms with Crippen molar-refractivity contribution in [3.8, 4) is 0 Å². The molecule has 0 radical (unpaired) electrons. The van der Waals surface area contributed by atoms with Gasteiger partial charge >= 0.3 is 0 Å². The first-order chi connectivity index (χ1) is 11.0. The zero-order chi connectivity index (χ0) is 17.1. The van der Waals surface area contributed by atoms with Gasteiger partial charge in [-0.1, -0.05) is 0 Å². The van der Waals surface area contributed by atoms with Crippen LogP contribution in [0.5, 0.6) is 0 Å². The summed E-state index contributed by atoms with van der Waals surface area (Å²) in [5, 5.41) is 2.49. The van der Waals surface area contributed by atoms with Crippen molar-refractivity contribution in [3.05, 3.63) is 12.2 Å². The number of amides is 4. The number of hydrazine groups is 1. The van der Waals surface area contributed by atoms with Gasteiger partial charge in [0.25, 0.3) is 11.8 Å². The minimum atomic E-state index is -0.417. The Morgan fingerprint density at radius 3 is 2.30 bits per heavy atom. The van der Waals surface area contributed by atoms with Crippen LogP contribution in [0, 0.1) is 0 Å². The normalized spacial score (nSPS) is 13.5. The topological polar surface area (TPSA) is 140 Å². The van der Waals surface area contributed by atoms with E-state index in [0.29, 0.717) is 0 Å². The molecule has 0 aromatic carbocycles. The molecule has 0 bridgehead atoms. The number of carbonyl (C=O) groups excluding carboxylic acids is 4. The molecule has 1 aliphatic heterocycles. The minimum absolute atomic E-state index is 0.00716. The highest BCUT2D eigenvalue weighted by Gasteiger charge is 2.23. The summed E-state index contributed by atoms with van der Waals surface area (Å²) in [6.07, 6.45) is 2.50. The van der Waals surface area contributed by atoms with Crippen molar-refractivity contribution in [2.45, 2.75) is 12.8 Å². The maximum absolute atomic E-state index is 11.5. The van der Waals surface area contributed by atoms with Gasteiger partial charge in [0.15, 0.2) is 0 Å². The zero-order valence-corrected chi connectivity index (χ0v) is 12.6. The molecule has 0 aromatic heterocycles. The van der Waals surface area contributed by atoms with Gasteiger partial charge in [-0.15, -0.1) is 0 Å². The molecule has 0 saturated carbocycles. The molecule has 4 amide bonds. The molecule has 0 unspecified atom stereocenters. The van der Waals surface area contributed by atoms with E-state index in [4.69, 9.17) is 15.3 Å². The number of nitrogens with zero attached hydrogens (tertiary/aromatic N) is 1. The fourth-order valence-corrected chi connectivity index (χ4v) is 1.61. The SMILES string of the molecule is NNC(=O)CCOCCOCNC(=O)CCN1C(=O)C=CC1=O. The second-order valence-corrected chi connectivity index (χ2v) is 4.49. The molecule has 1 heterocycles. The van der Waals surface area contributed by atoms with E-state index >= 15 is 0 Å². The van der Waals surface area contributed by atoms with Gasteiger partial charge in [0, 0.05) is 25.1 Å². The van der Waals surface area contributed by atoms with E-state index in [1.165, 1.54) is 12.2 Å². The number of hydrogen-bond donors (Lipinski definition) is 3. The number of nitrogens with two attached hydrogens (primary N) is 1. The Labute approximate surface area is 132 Å². The highest BCUT2D eigenvalue weighted by Crippen LogP contribution is 2.03. The largest absolute Gasteiger partial charge is 0.379 e. The van der Waals surface area contributed by atoms with Gasteiger partial charge in [0.2, 0.25) is 11.8 Å². The Morgan fingerprint density at radius 2 is 1.65 bits per heavy atom. The molecule has 0 aromatic rings. The lowest BCUT2D eigenvalue weighted by atomic mass is 10.3. The number of imide groups is 1. The third-order valence-electron chi connectivity index (χ3n) is 2.84. The van der Waals surface area contributed by atoms with Gasteiger partial charge in [-0.05, 0) is 0 Å². The summed E-state index contributed by atoms with van der Waals surface area (Å²) < 4.78 is 10.2. The Kier molecular flexibility index (Phi) is 8.50. The van der Waals surface area contributed by atoms with E-state index in [9.17, 15) is 19.2 Å².